The maximum Gasteiger partial charge on any atom is 0.335 e. The van der Waals surface area contributed by atoms with Gasteiger partial charge in [-0.15, -0.1) is 0 Å². The fraction of sp³-hybridized carbons (Fsp3) is 0.167. The third kappa shape index (κ3) is 2.91. The fourth-order valence-electron chi connectivity index (χ4n) is 2.71. The Kier molecular flexibility index (Phi) is 4.14. The average molecular weight is 340 g/mol. The fourth-order valence-corrected chi connectivity index (χ4v) is 2.71. The molecular weight excluding hydrogens is 324 g/mol. The van der Waals surface area contributed by atoms with Crippen LogP contribution in [0, 0.1) is 6.92 Å². The summed E-state index contributed by atoms with van der Waals surface area (Å²) in [5.74, 6) is -0.546. The van der Waals surface area contributed by atoms with Gasteiger partial charge in [0, 0.05) is 18.2 Å². The van der Waals surface area contributed by atoms with Gasteiger partial charge in [0.1, 0.15) is 17.2 Å². The maximum atomic E-state index is 12.1. The lowest BCUT2D eigenvalue weighted by Gasteiger charge is -2.06. The van der Waals surface area contributed by atoms with Crippen molar-refractivity contribution in [1.82, 2.24) is 10.2 Å². The number of amides is 3. The number of nitrogens with zero attached hydrogens (tertiary/aromatic N) is 1. The molecule has 3 amide bonds. The number of imide groups is 1. The number of hydrogen-bond acceptors (Lipinski definition) is 4. The average Bonchev–Trinajstić information content (AvgIpc) is 3.12. The van der Waals surface area contributed by atoms with E-state index in [9.17, 15) is 19.5 Å². The zero-order chi connectivity index (χ0) is 18.1. The lowest BCUT2D eigenvalue weighted by atomic mass is 10.0. The summed E-state index contributed by atoms with van der Waals surface area (Å²) in [4.78, 5) is 36.1. The Morgan fingerprint density at radius 2 is 2.04 bits per heavy atom. The van der Waals surface area contributed by atoms with E-state index >= 15 is 0 Å². The lowest BCUT2D eigenvalue weighted by molar-refractivity contribution is -0.122. The van der Waals surface area contributed by atoms with Crippen LogP contribution in [-0.2, 0) is 4.79 Å². The predicted molar refractivity (Wildman–Crippen MR) is 89.7 cm³/mol. The molecule has 2 heterocycles. The Labute approximate surface area is 143 Å². The monoisotopic (exact) mass is 340 g/mol. The number of hydrogen-bond donors (Lipinski definition) is 2. The first-order valence-electron chi connectivity index (χ1n) is 7.70. The molecule has 2 aromatic rings. The van der Waals surface area contributed by atoms with E-state index in [-0.39, 0.29) is 17.8 Å². The van der Waals surface area contributed by atoms with Crippen molar-refractivity contribution in [1.29, 1.82) is 0 Å². The minimum absolute atomic E-state index is 0.142. The van der Waals surface area contributed by atoms with Gasteiger partial charge in [-0.25, -0.2) is 9.59 Å². The Hall–Kier alpha value is -3.35. The second-order valence-electron chi connectivity index (χ2n) is 5.52. The maximum absolute atomic E-state index is 12.1. The highest BCUT2D eigenvalue weighted by Gasteiger charge is 2.32. The Morgan fingerprint density at radius 1 is 1.28 bits per heavy atom. The number of benzene rings is 1. The van der Waals surface area contributed by atoms with E-state index in [1.54, 1.807) is 38.1 Å². The van der Waals surface area contributed by atoms with E-state index in [2.05, 4.69) is 5.32 Å². The molecule has 25 heavy (non-hydrogen) atoms. The van der Waals surface area contributed by atoms with Gasteiger partial charge in [0.15, 0.2) is 0 Å². The molecule has 0 saturated carbocycles. The predicted octanol–water partition coefficient (Wildman–Crippen LogP) is 2.87. The first-order chi connectivity index (χ1) is 11.9. The number of carboxylic acid groups (broad SMARTS) is 1. The third-order valence-corrected chi connectivity index (χ3v) is 4.02. The molecule has 2 N–H and O–H groups in total. The van der Waals surface area contributed by atoms with E-state index < -0.39 is 17.9 Å². The summed E-state index contributed by atoms with van der Waals surface area (Å²) < 4.78 is 5.71. The highest BCUT2D eigenvalue weighted by molar-refractivity contribution is 6.13. The number of rotatable bonds is 4. The van der Waals surface area contributed by atoms with Crippen molar-refractivity contribution in [2.75, 3.05) is 6.54 Å². The van der Waals surface area contributed by atoms with Crippen LogP contribution in [-0.4, -0.2) is 34.5 Å². The van der Waals surface area contributed by atoms with Crippen LogP contribution < -0.4 is 5.32 Å². The van der Waals surface area contributed by atoms with Gasteiger partial charge in [-0.3, -0.25) is 9.69 Å². The molecule has 1 fully saturated rings. The zero-order valence-corrected chi connectivity index (χ0v) is 13.7. The number of carbonyl (C=O) groups excluding carboxylic acids is 2. The SMILES string of the molecule is CCN1C(=O)N/C(=C/c2ccc(-c3cccc(C(=O)O)c3C)o2)C1=O. The van der Waals surface area contributed by atoms with Gasteiger partial charge in [-0.2, -0.15) is 0 Å². The summed E-state index contributed by atoms with van der Waals surface area (Å²) in [7, 11) is 0. The molecule has 0 radical (unpaired) electrons. The molecule has 1 aromatic heterocycles. The molecule has 0 atom stereocenters. The number of carboxylic acids is 1. The largest absolute Gasteiger partial charge is 0.478 e. The molecule has 7 nitrogen and oxygen atoms in total. The molecule has 0 spiro atoms. The zero-order valence-electron chi connectivity index (χ0n) is 13.7. The van der Waals surface area contributed by atoms with E-state index in [0.29, 0.717) is 22.6 Å². The van der Waals surface area contributed by atoms with Crippen molar-refractivity contribution in [3.63, 3.8) is 0 Å². The van der Waals surface area contributed by atoms with Crippen LogP contribution in [0.3, 0.4) is 0 Å². The summed E-state index contributed by atoms with van der Waals surface area (Å²) in [6, 6.07) is 7.82. The third-order valence-electron chi connectivity index (χ3n) is 4.02. The van der Waals surface area contributed by atoms with E-state index in [1.807, 2.05) is 0 Å². The summed E-state index contributed by atoms with van der Waals surface area (Å²) in [5.41, 5.74) is 1.59. The van der Waals surface area contributed by atoms with Crippen molar-refractivity contribution in [3.05, 3.63) is 52.9 Å². The van der Waals surface area contributed by atoms with E-state index in [1.165, 1.54) is 12.1 Å². The topological polar surface area (TPSA) is 99.8 Å². The van der Waals surface area contributed by atoms with Crippen molar-refractivity contribution in [3.8, 4) is 11.3 Å². The van der Waals surface area contributed by atoms with Gasteiger partial charge in [0.2, 0.25) is 0 Å². The minimum Gasteiger partial charge on any atom is -0.478 e. The smallest absolute Gasteiger partial charge is 0.335 e. The van der Waals surface area contributed by atoms with Gasteiger partial charge in [0.05, 0.1) is 5.56 Å². The molecule has 7 heteroatoms. The van der Waals surface area contributed by atoms with Crippen molar-refractivity contribution >= 4 is 24.0 Å². The second kappa shape index (κ2) is 6.27. The first kappa shape index (κ1) is 16.5. The molecule has 0 aliphatic carbocycles. The van der Waals surface area contributed by atoms with Gasteiger partial charge < -0.3 is 14.8 Å². The van der Waals surface area contributed by atoms with Gasteiger partial charge in [-0.05, 0) is 37.6 Å². The molecular formula is C18H16N2O5. The van der Waals surface area contributed by atoms with Crippen LogP contribution in [0.2, 0.25) is 0 Å². The van der Waals surface area contributed by atoms with E-state index in [0.717, 1.165) is 4.90 Å². The summed E-state index contributed by atoms with van der Waals surface area (Å²) in [6.45, 7) is 3.70. The summed E-state index contributed by atoms with van der Waals surface area (Å²) in [6.07, 6.45) is 1.45. The Morgan fingerprint density at radius 3 is 2.68 bits per heavy atom. The van der Waals surface area contributed by atoms with Gasteiger partial charge in [0.25, 0.3) is 5.91 Å². The molecule has 1 aliphatic heterocycles. The molecule has 1 saturated heterocycles. The quantitative estimate of drug-likeness (QED) is 0.658. The molecule has 1 aliphatic rings. The first-order valence-corrected chi connectivity index (χ1v) is 7.70. The van der Waals surface area contributed by atoms with Gasteiger partial charge >= 0.3 is 12.0 Å². The molecule has 0 bridgehead atoms. The van der Waals surface area contributed by atoms with Crippen molar-refractivity contribution < 1.29 is 23.9 Å². The van der Waals surface area contributed by atoms with Crippen LogP contribution in [0.5, 0.6) is 0 Å². The Balaban J connectivity index is 1.93. The highest BCUT2D eigenvalue weighted by atomic mass is 16.4. The van der Waals surface area contributed by atoms with Crippen LogP contribution in [0.15, 0.2) is 40.4 Å². The Bertz CT molecular complexity index is 910. The van der Waals surface area contributed by atoms with Crippen LogP contribution in [0.1, 0.15) is 28.6 Å². The molecule has 0 unspecified atom stereocenters. The van der Waals surface area contributed by atoms with Crippen LogP contribution in [0.4, 0.5) is 4.79 Å². The number of aromatic carboxylic acids is 1. The summed E-state index contributed by atoms with van der Waals surface area (Å²) >= 11 is 0. The number of furan rings is 1. The number of urea groups is 1. The van der Waals surface area contributed by atoms with Crippen LogP contribution in [0.25, 0.3) is 17.4 Å². The normalized spacial score (nSPS) is 15.8. The van der Waals surface area contributed by atoms with E-state index in [4.69, 9.17) is 4.42 Å². The minimum atomic E-state index is -1.01. The molecule has 128 valence electrons. The number of carbonyl (C=O) groups is 3. The summed E-state index contributed by atoms with van der Waals surface area (Å²) in [5, 5.41) is 11.7. The highest BCUT2D eigenvalue weighted by Crippen LogP contribution is 2.28. The van der Waals surface area contributed by atoms with Crippen molar-refractivity contribution in [2.45, 2.75) is 13.8 Å². The second-order valence-corrected chi connectivity index (χ2v) is 5.52. The lowest BCUT2D eigenvalue weighted by Crippen LogP contribution is -2.30. The molecule has 3 rings (SSSR count). The van der Waals surface area contributed by atoms with Crippen molar-refractivity contribution in [2.24, 2.45) is 0 Å². The van der Waals surface area contributed by atoms with Crippen LogP contribution >= 0.6 is 0 Å². The van der Waals surface area contributed by atoms with Gasteiger partial charge in [-0.1, -0.05) is 12.1 Å². The number of nitrogens with one attached hydrogen (secondary N) is 1. The number of likely N-dealkylation sites (N-methyl/N-ethyl adjacent to an activating group) is 1. The standard InChI is InChI=1S/C18H16N2O5/c1-3-20-16(21)14(19-18(20)24)9-11-7-8-15(25-11)12-5-4-6-13(10(12)2)17(22)23/h4-9H,3H2,1-2H3,(H,19,24)(H,22,23)/b14-9+. The molecule has 1 aromatic carbocycles.